The van der Waals surface area contributed by atoms with Crippen molar-refractivity contribution in [1.29, 1.82) is 0 Å². The van der Waals surface area contributed by atoms with Crippen molar-refractivity contribution in [2.45, 2.75) is 66.2 Å². The zero-order valence-corrected chi connectivity index (χ0v) is 20.0. The molecule has 0 aliphatic carbocycles. The molecule has 7 nitrogen and oxygen atoms in total. The average molecular weight is 452 g/mol. The van der Waals surface area contributed by atoms with Gasteiger partial charge in [0.2, 0.25) is 5.91 Å². The van der Waals surface area contributed by atoms with Gasteiger partial charge in [-0.25, -0.2) is 0 Å². The third-order valence-electron chi connectivity index (χ3n) is 5.99. The highest BCUT2D eigenvalue weighted by Crippen LogP contribution is 2.25. The maximum atomic E-state index is 13.0. The van der Waals surface area contributed by atoms with Crippen LogP contribution in [0.5, 0.6) is 5.75 Å². The summed E-state index contributed by atoms with van der Waals surface area (Å²) in [5, 5.41) is 0. The van der Waals surface area contributed by atoms with Crippen molar-refractivity contribution in [3.8, 4) is 5.75 Å². The molecule has 176 valence electrons. The molecule has 0 radical (unpaired) electrons. The van der Waals surface area contributed by atoms with E-state index in [1.165, 1.54) is 0 Å². The Bertz CT molecular complexity index is 1030. The number of hydrogen-bond donors (Lipinski definition) is 2. The van der Waals surface area contributed by atoms with Crippen LogP contribution in [0.3, 0.4) is 0 Å². The third-order valence-corrected chi connectivity index (χ3v) is 5.99. The van der Waals surface area contributed by atoms with E-state index < -0.39 is 24.0 Å². The van der Waals surface area contributed by atoms with Gasteiger partial charge in [-0.3, -0.25) is 25.2 Å². The second-order valence-corrected chi connectivity index (χ2v) is 9.04. The number of aryl methyl sites for hydroxylation is 1. The Balaban J connectivity index is 1.66. The van der Waals surface area contributed by atoms with E-state index in [4.69, 9.17) is 4.74 Å². The molecule has 1 aliphatic heterocycles. The largest absolute Gasteiger partial charge is 0.481 e. The molecule has 0 fully saturated rings. The Labute approximate surface area is 195 Å². The first-order valence-corrected chi connectivity index (χ1v) is 11.4. The predicted molar refractivity (Wildman–Crippen MR) is 126 cm³/mol. The fraction of sp³-hybridized carbons (Fsp3) is 0.423. The summed E-state index contributed by atoms with van der Waals surface area (Å²) in [6.07, 6.45) is -0.0495. The number of nitrogens with zero attached hydrogens (tertiary/aromatic N) is 1. The molecular weight excluding hydrogens is 418 g/mol. The van der Waals surface area contributed by atoms with Gasteiger partial charge >= 0.3 is 0 Å². The summed E-state index contributed by atoms with van der Waals surface area (Å²) in [6, 6.07) is 12.8. The Hall–Kier alpha value is -3.35. The first-order chi connectivity index (χ1) is 15.7. The van der Waals surface area contributed by atoms with Gasteiger partial charge in [0.05, 0.1) is 0 Å². The number of fused-ring (bicyclic) bond motifs is 1. The van der Waals surface area contributed by atoms with Gasteiger partial charge in [0.15, 0.2) is 6.10 Å². The van der Waals surface area contributed by atoms with Crippen molar-refractivity contribution < 1.29 is 19.1 Å². The molecule has 2 unspecified atom stereocenters. The Morgan fingerprint density at radius 1 is 1.00 bits per heavy atom. The predicted octanol–water partition coefficient (Wildman–Crippen LogP) is 3.22. The maximum Gasteiger partial charge on any atom is 0.279 e. The highest BCUT2D eigenvalue weighted by molar-refractivity contribution is 5.90. The highest BCUT2D eigenvalue weighted by atomic mass is 16.5. The summed E-state index contributed by atoms with van der Waals surface area (Å²) in [5.41, 5.74) is 9.06. The average Bonchev–Trinajstić information content (AvgIpc) is 2.78. The number of nitrogens with one attached hydrogen (secondary N) is 2. The number of hydrazine groups is 1. The molecule has 1 aliphatic rings. The molecule has 33 heavy (non-hydrogen) atoms. The van der Waals surface area contributed by atoms with Crippen LogP contribution in [-0.2, 0) is 27.3 Å². The van der Waals surface area contributed by atoms with Crippen molar-refractivity contribution in [2.75, 3.05) is 0 Å². The van der Waals surface area contributed by atoms with Gasteiger partial charge in [0.25, 0.3) is 11.8 Å². The molecule has 2 aromatic rings. The fourth-order valence-corrected chi connectivity index (χ4v) is 3.89. The molecule has 3 amide bonds. The van der Waals surface area contributed by atoms with Crippen molar-refractivity contribution >= 4 is 17.7 Å². The minimum atomic E-state index is -0.809. The zero-order chi connectivity index (χ0) is 24.1. The van der Waals surface area contributed by atoms with Gasteiger partial charge in [0.1, 0.15) is 11.8 Å². The highest BCUT2D eigenvalue weighted by Gasteiger charge is 2.35. The molecule has 1 heterocycles. The number of ether oxygens (including phenoxy) is 1. The molecule has 7 heteroatoms. The van der Waals surface area contributed by atoms with Crippen LogP contribution in [0, 0.1) is 19.8 Å². The molecule has 0 bridgehead atoms. The second-order valence-electron chi connectivity index (χ2n) is 9.04. The van der Waals surface area contributed by atoms with Crippen LogP contribution in [0.4, 0.5) is 0 Å². The lowest BCUT2D eigenvalue weighted by Gasteiger charge is -2.36. The van der Waals surface area contributed by atoms with Gasteiger partial charge in [-0.1, -0.05) is 50.2 Å². The Morgan fingerprint density at radius 2 is 1.70 bits per heavy atom. The number of rotatable bonds is 6. The number of carbonyl (C=O) groups excluding carboxylic acids is 3. The second kappa shape index (κ2) is 10.5. The molecule has 0 spiro atoms. The lowest BCUT2D eigenvalue weighted by molar-refractivity contribution is -0.143. The van der Waals surface area contributed by atoms with E-state index in [0.29, 0.717) is 25.1 Å². The van der Waals surface area contributed by atoms with Crippen molar-refractivity contribution in [3.05, 3.63) is 64.7 Å². The van der Waals surface area contributed by atoms with E-state index in [0.717, 1.165) is 22.3 Å². The van der Waals surface area contributed by atoms with Gasteiger partial charge < -0.3 is 9.64 Å². The van der Waals surface area contributed by atoms with Crippen LogP contribution in [-0.4, -0.2) is 34.8 Å². The molecular formula is C26H33N3O4. The lowest BCUT2D eigenvalue weighted by atomic mass is 9.92. The number of amides is 3. The quantitative estimate of drug-likeness (QED) is 0.660. The molecule has 3 rings (SSSR count). The summed E-state index contributed by atoms with van der Waals surface area (Å²) in [6.45, 7) is 9.85. The van der Waals surface area contributed by atoms with Crippen molar-refractivity contribution in [3.63, 3.8) is 0 Å². The van der Waals surface area contributed by atoms with Crippen LogP contribution >= 0.6 is 0 Å². The van der Waals surface area contributed by atoms with Crippen LogP contribution in [0.1, 0.15) is 49.4 Å². The van der Waals surface area contributed by atoms with Crippen molar-refractivity contribution in [1.82, 2.24) is 15.8 Å². The molecule has 2 aromatic carbocycles. The summed E-state index contributed by atoms with van der Waals surface area (Å²) >= 11 is 0. The van der Waals surface area contributed by atoms with Gasteiger partial charge in [-0.2, -0.15) is 0 Å². The first-order valence-electron chi connectivity index (χ1n) is 11.4. The number of carbonyl (C=O) groups is 3. The minimum absolute atomic E-state index is 0.0717. The molecule has 0 saturated carbocycles. The fourth-order valence-electron chi connectivity index (χ4n) is 3.89. The van der Waals surface area contributed by atoms with Gasteiger partial charge in [-0.05, 0) is 55.0 Å². The lowest BCUT2D eigenvalue weighted by Crippen LogP contribution is -2.57. The molecule has 0 aromatic heterocycles. The standard InChI is InChI=1S/C26H33N3O4/c1-16(2)13-24(30)29-15-21-11-7-6-10-20(21)14-22(29)26(32)28-27-25(31)19(5)33-23-12-8-9-17(3)18(23)4/h6-12,16,19,22H,13-15H2,1-5H3,(H,27,31)(H,28,32). The minimum Gasteiger partial charge on any atom is -0.481 e. The van der Waals surface area contributed by atoms with E-state index in [1.807, 2.05) is 70.2 Å². The summed E-state index contributed by atoms with van der Waals surface area (Å²) < 4.78 is 5.79. The molecule has 0 saturated heterocycles. The zero-order valence-electron chi connectivity index (χ0n) is 20.0. The van der Waals surface area contributed by atoms with E-state index in [9.17, 15) is 14.4 Å². The number of benzene rings is 2. The van der Waals surface area contributed by atoms with Crippen molar-refractivity contribution in [2.24, 2.45) is 5.92 Å². The summed E-state index contributed by atoms with van der Waals surface area (Å²) in [4.78, 5) is 40.1. The SMILES string of the molecule is Cc1cccc(OC(C)C(=O)NNC(=O)C2Cc3ccccc3CN2C(=O)CC(C)C)c1C. The maximum absolute atomic E-state index is 13.0. The van der Waals surface area contributed by atoms with Crippen LogP contribution in [0.2, 0.25) is 0 Å². The van der Waals surface area contributed by atoms with E-state index >= 15 is 0 Å². The Kier molecular flexibility index (Phi) is 7.74. The van der Waals surface area contributed by atoms with E-state index in [-0.39, 0.29) is 11.8 Å². The summed E-state index contributed by atoms with van der Waals surface area (Å²) in [7, 11) is 0. The van der Waals surface area contributed by atoms with E-state index in [2.05, 4.69) is 10.9 Å². The molecule has 2 atom stereocenters. The number of hydrogen-bond acceptors (Lipinski definition) is 4. The Morgan fingerprint density at radius 3 is 2.39 bits per heavy atom. The third kappa shape index (κ3) is 5.92. The van der Waals surface area contributed by atoms with Crippen LogP contribution in [0.25, 0.3) is 0 Å². The van der Waals surface area contributed by atoms with E-state index in [1.54, 1.807) is 11.8 Å². The first kappa shape index (κ1) is 24.3. The topological polar surface area (TPSA) is 87.7 Å². The monoisotopic (exact) mass is 451 g/mol. The van der Waals surface area contributed by atoms with Crippen LogP contribution < -0.4 is 15.6 Å². The normalized spacial score (nSPS) is 16.1. The molecule has 2 N–H and O–H groups in total. The van der Waals surface area contributed by atoms with Gasteiger partial charge in [-0.15, -0.1) is 0 Å². The van der Waals surface area contributed by atoms with Gasteiger partial charge in [0, 0.05) is 19.4 Å². The van der Waals surface area contributed by atoms with Crippen LogP contribution in [0.15, 0.2) is 42.5 Å². The smallest absolute Gasteiger partial charge is 0.279 e. The summed E-state index contributed by atoms with van der Waals surface area (Å²) in [5.74, 6) is -0.161.